The van der Waals surface area contributed by atoms with E-state index in [1.165, 1.54) is 0 Å². The minimum absolute atomic E-state index is 0.296. The van der Waals surface area contributed by atoms with Crippen LogP contribution < -0.4 is 0 Å². The third kappa shape index (κ3) is 2.29. The van der Waals surface area contributed by atoms with Gasteiger partial charge < -0.3 is 0 Å². The van der Waals surface area contributed by atoms with E-state index in [0.717, 1.165) is 11.3 Å². The van der Waals surface area contributed by atoms with Crippen LogP contribution in [0.5, 0.6) is 0 Å². The van der Waals surface area contributed by atoms with Crippen molar-refractivity contribution < 1.29 is 9.18 Å². The standard InChI is InChI=1S/C8H7FN2OS2/c1-2-5-7(8(12)10-4-13)14-6(3-9)11-5/h2-3H2,1H3. The fourth-order valence-corrected chi connectivity index (χ4v) is 1.93. The van der Waals surface area contributed by atoms with Crippen molar-refractivity contribution in [2.24, 2.45) is 4.99 Å². The molecule has 0 spiro atoms. The number of isothiocyanates is 1. The molecule has 0 fully saturated rings. The van der Waals surface area contributed by atoms with Crippen LogP contribution in [0.3, 0.4) is 0 Å². The van der Waals surface area contributed by atoms with Gasteiger partial charge in [0, 0.05) is 0 Å². The Morgan fingerprint density at radius 1 is 1.79 bits per heavy atom. The van der Waals surface area contributed by atoms with Crippen LogP contribution in [-0.4, -0.2) is 16.1 Å². The van der Waals surface area contributed by atoms with Crippen LogP contribution in [-0.2, 0) is 13.1 Å². The first-order valence-electron chi connectivity index (χ1n) is 3.89. The number of alkyl halides is 1. The summed E-state index contributed by atoms with van der Waals surface area (Å²) in [5, 5.41) is 2.28. The van der Waals surface area contributed by atoms with E-state index in [4.69, 9.17) is 0 Å². The molecule has 0 saturated heterocycles. The number of thiocarbonyl (C=S) groups is 1. The number of hydrogen-bond donors (Lipinski definition) is 0. The molecule has 1 heterocycles. The van der Waals surface area contributed by atoms with E-state index in [1.54, 1.807) is 0 Å². The van der Waals surface area contributed by atoms with Gasteiger partial charge in [-0.3, -0.25) is 4.79 Å². The maximum absolute atomic E-state index is 12.3. The van der Waals surface area contributed by atoms with Crippen molar-refractivity contribution in [3.8, 4) is 0 Å². The molecular formula is C8H7FN2OS2. The van der Waals surface area contributed by atoms with Crippen molar-refractivity contribution in [2.45, 2.75) is 20.0 Å². The first-order valence-corrected chi connectivity index (χ1v) is 5.12. The number of hydrogen-bond acceptors (Lipinski definition) is 4. The normalized spacial score (nSPS) is 9.57. The third-order valence-electron chi connectivity index (χ3n) is 1.53. The van der Waals surface area contributed by atoms with Gasteiger partial charge in [-0.05, 0) is 18.6 Å². The highest BCUT2D eigenvalue weighted by Crippen LogP contribution is 2.20. The van der Waals surface area contributed by atoms with E-state index in [-0.39, 0.29) is 0 Å². The topological polar surface area (TPSA) is 42.3 Å². The van der Waals surface area contributed by atoms with Crippen LogP contribution in [0.4, 0.5) is 4.39 Å². The molecule has 0 aliphatic heterocycles. The number of halogens is 1. The molecule has 1 rings (SSSR count). The lowest BCUT2D eigenvalue weighted by molar-refractivity contribution is 0.101. The second-order valence-corrected chi connectivity index (χ2v) is 3.65. The summed E-state index contributed by atoms with van der Waals surface area (Å²) < 4.78 is 12.3. The van der Waals surface area contributed by atoms with E-state index >= 15 is 0 Å². The first kappa shape index (κ1) is 11.1. The molecule has 0 saturated carbocycles. The van der Waals surface area contributed by atoms with E-state index in [1.807, 2.05) is 12.1 Å². The predicted molar refractivity (Wildman–Crippen MR) is 55.7 cm³/mol. The number of amides is 1. The molecule has 0 N–H and O–H groups in total. The molecule has 1 aromatic heterocycles. The van der Waals surface area contributed by atoms with Gasteiger partial charge in [0.1, 0.15) is 16.6 Å². The Morgan fingerprint density at radius 3 is 3.00 bits per heavy atom. The lowest BCUT2D eigenvalue weighted by Crippen LogP contribution is -1.95. The number of carbonyl (C=O) groups excluding carboxylic acids is 1. The number of aliphatic imine (C=N–C) groups is 1. The van der Waals surface area contributed by atoms with E-state index in [2.05, 4.69) is 22.2 Å². The highest BCUT2D eigenvalue weighted by Gasteiger charge is 2.15. The summed E-state index contributed by atoms with van der Waals surface area (Å²) in [4.78, 5) is 18.9. The second kappa shape index (κ2) is 5.05. The quantitative estimate of drug-likeness (QED) is 0.591. The molecule has 0 unspecified atom stereocenters. The van der Waals surface area contributed by atoms with Gasteiger partial charge >= 0.3 is 0 Å². The molecule has 74 valence electrons. The Morgan fingerprint density at radius 2 is 2.50 bits per heavy atom. The van der Waals surface area contributed by atoms with Gasteiger partial charge in [-0.15, -0.1) is 11.3 Å². The number of carbonyl (C=O) groups is 1. The van der Waals surface area contributed by atoms with Crippen LogP contribution in [0.25, 0.3) is 0 Å². The number of aryl methyl sites for hydroxylation is 1. The second-order valence-electron chi connectivity index (χ2n) is 2.38. The van der Waals surface area contributed by atoms with Gasteiger partial charge in [0.05, 0.1) is 10.9 Å². The minimum Gasteiger partial charge on any atom is -0.265 e. The lowest BCUT2D eigenvalue weighted by Gasteiger charge is -1.90. The average Bonchev–Trinajstić information content (AvgIpc) is 2.61. The summed E-state index contributed by atoms with van der Waals surface area (Å²) >= 11 is 5.33. The van der Waals surface area contributed by atoms with Gasteiger partial charge in [-0.25, -0.2) is 9.37 Å². The molecule has 6 heteroatoms. The van der Waals surface area contributed by atoms with Crippen LogP contribution in [0.2, 0.25) is 0 Å². The molecule has 0 aromatic carbocycles. The molecule has 1 aromatic rings. The zero-order valence-electron chi connectivity index (χ0n) is 7.41. The molecule has 0 radical (unpaired) electrons. The third-order valence-corrected chi connectivity index (χ3v) is 2.67. The van der Waals surface area contributed by atoms with Crippen molar-refractivity contribution in [3.05, 3.63) is 15.6 Å². The molecule has 0 bridgehead atoms. The zero-order chi connectivity index (χ0) is 10.6. The molecule has 14 heavy (non-hydrogen) atoms. The minimum atomic E-state index is -0.660. The van der Waals surface area contributed by atoms with Gasteiger partial charge in [-0.1, -0.05) is 6.92 Å². The molecule has 1 amide bonds. The monoisotopic (exact) mass is 230 g/mol. The first-order chi connectivity index (χ1) is 6.72. The van der Waals surface area contributed by atoms with E-state index < -0.39 is 12.6 Å². The summed E-state index contributed by atoms with van der Waals surface area (Å²) in [7, 11) is 0. The summed E-state index contributed by atoms with van der Waals surface area (Å²) in [6, 6.07) is 0. The maximum atomic E-state index is 12.3. The van der Waals surface area contributed by atoms with Crippen LogP contribution in [0.15, 0.2) is 4.99 Å². The van der Waals surface area contributed by atoms with Crippen molar-refractivity contribution in [1.29, 1.82) is 0 Å². The Kier molecular flexibility index (Phi) is 4.00. The predicted octanol–water partition coefficient (Wildman–Crippen LogP) is 2.42. The Hall–Kier alpha value is -0.970. The van der Waals surface area contributed by atoms with Crippen LogP contribution in [0, 0.1) is 0 Å². The fourth-order valence-electron chi connectivity index (χ4n) is 0.957. The number of thiazole rings is 1. The van der Waals surface area contributed by atoms with Gasteiger partial charge in [0.15, 0.2) is 0 Å². The van der Waals surface area contributed by atoms with Crippen molar-refractivity contribution in [1.82, 2.24) is 4.98 Å². The van der Waals surface area contributed by atoms with E-state index in [0.29, 0.717) is 22.0 Å². The summed E-state index contributed by atoms with van der Waals surface area (Å²) in [5.74, 6) is -0.492. The number of aromatic nitrogens is 1. The Labute approximate surface area is 89.7 Å². The highest BCUT2D eigenvalue weighted by molar-refractivity contribution is 7.78. The van der Waals surface area contributed by atoms with Gasteiger partial charge in [-0.2, -0.15) is 4.99 Å². The van der Waals surface area contributed by atoms with Crippen molar-refractivity contribution in [2.75, 3.05) is 0 Å². The summed E-state index contributed by atoms with van der Waals surface area (Å²) in [5.41, 5.74) is 0.571. The van der Waals surface area contributed by atoms with E-state index in [9.17, 15) is 9.18 Å². The van der Waals surface area contributed by atoms with Gasteiger partial charge in [0.2, 0.25) is 0 Å². The lowest BCUT2D eigenvalue weighted by atomic mass is 10.3. The number of nitrogens with zero attached hydrogens (tertiary/aromatic N) is 2. The van der Waals surface area contributed by atoms with Crippen molar-refractivity contribution in [3.63, 3.8) is 0 Å². The molecule has 0 atom stereocenters. The van der Waals surface area contributed by atoms with Gasteiger partial charge in [0.25, 0.3) is 5.91 Å². The SMILES string of the molecule is CCc1nc(CF)sc1C(=O)N=C=S. The summed E-state index contributed by atoms with van der Waals surface area (Å²) in [6.07, 6.45) is 0.574. The Bertz CT molecular complexity index is 396. The van der Waals surface area contributed by atoms with Crippen LogP contribution >= 0.6 is 23.6 Å². The average molecular weight is 230 g/mol. The number of rotatable bonds is 3. The smallest absolute Gasteiger partial charge is 0.265 e. The zero-order valence-corrected chi connectivity index (χ0v) is 9.04. The fraction of sp³-hybridized carbons (Fsp3) is 0.375. The Balaban J connectivity index is 3.11. The molecule has 0 aliphatic rings. The van der Waals surface area contributed by atoms with Crippen LogP contribution in [0.1, 0.15) is 27.3 Å². The summed E-state index contributed by atoms with van der Waals surface area (Å²) in [6.45, 7) is 1.18. The van der Waals surface area contributed by atoms with Crippen molar-refractivity contribution >= 4 is 34.6 Å². The highest BCUT2D eigenvalue weighted by atomic mass is 32.1. The molecule has 0 aliphatic carbocycles. The molecule has 3 nitrogen and oxygen atoms in total. The largest absolute Gasteiger partial charge is 0.297 e. The maximum Gasteiger partial charge on any atom is 0.297 e. The molecular weight excluding hydrogens is 223 g/mol.